The van der Waals surface area contributed by atoms with Gasteiger partial charge in [0.05, 0.1) is 6.54 Å². The van der Waals surface area contributed by atoms with E-state index < -0.39 is 0 Å². The summed E-state index contributed by atoms with van der Waals surface area (Å²) in [4.78, 5) is 8.90. The van der Waals surface area contributed by atoms with Gasteiger partial charge in [0.15, 0.2) is 11.8 Å². The van der Waals surface area contributed by atoms with Crippen LogP contribution in [0.4, 0.5) is 0 Å². The first-order chi connectivity index (χ1) is 11.8. The van der Waals surface area contributed by atoms with Gasteiger partial charge in [-0.2, -0.15) is 16.9 Å². The van der Waals surface area contributed by atoms with Gasteiger partial charge in [0.1, 0.15) is 12.4 Å². The third kappa shape index (κ3) is 5.99. The van der Waals surface area contributed by atoms with Crippen LogP contribution in [0.5, 0.6) is 0 Å². The summed E-state index contributed by atoms with van der Waals surface area (Å²) in [7, 11) is 3.51. The summed E-state index contributed by atoms with van der Waals surface area (Å²) in [5.74, 6) is 6.09. The van der Waals surface area contributed by atoms with Crippen LogP contribution < -0.4 is 10.6 Å². The van der Waals surface area contributed by atoms with Crippen molar-refractivity contribution in [1.29, 1.82) is 0 Å². The Morgan fingerprint density at radius 1 is 1.36 bits per heavy atom. The predicted octanol–water partition coefficient (Wildman–Crippen LogP) is 1.67. The molecule has 3 heterocycles. The Morgan fingerprint density at radius 3 is 2.88 bits per heavy atom. The van der Waals surface area contributed by atoms with Gasteiger partial charge in [-0.15, -0.1) is 24.0 Å². The lowest BCUT2D eigenvalue weighted by Crippen LogP contribution is -2.48. The molecule has 2 N–H and O–H groups in total. The number of aromatic nitrogens is 3. The average Bonchev–Trinajstić information content (AvgIpc) is 3.01. The fourth-order valence-corrected chi connectivity index (χ4v) is 4.45. The Balaban J connectivity index is 0.00000225. The largest absolute Gasteiger partial charge is 0.377 e. The molecule has 0 amide bonds. The third-order valence-electron chi connectivity index (χ3n) is 4.64. The number of guanidine groups is 1. The van der Waals surface area contributed by atoms with Gasteiger partial charge in [0.2, 0.25) is 0 Å². The second-order valence-corrected chi connectivity index (χ2v) is 7.67. The molecule has 0 saturated carbocycles. The zero-order valence-corrected chi connectivity index (χ0v) is 18.2. The summed E-state index contributed by atoms with van der Waals surface area (Å²) < 4.78 is 7.12. The second-order valence-electron chi connectivity index (χ2n) is 6.45. The summed E-state index contributed by atoms with van der Waals surface area (Å²) in [5.41, 5.74) is 0. The molecule has 1 atom stereocenters. The predicted molar refractivity (Wildman–Crippen MR) is 113 cm³/mol. The quantitative estimate of drug-likeness (QED) is 0.380. The number of hydrogen-bond donors (Lipinski definition) is 2. The van der Waals surface area contributed by atoms with E-state index in [2.05, 4.69) is 37.5 Å². The van der Waals surface area contributed by atoms with Crippen LogP contribution in [0.1, 0.15) is 30.9 Å². The smallest absolute Gasteiger partial charge is 0.191 e. The van der Waals surface area contributed by atoms with Gasteiger partial charge >= 0.3 is 0 Å². The van der Waals surface area contributed by atoms with Crippen LogP contribution in [0.3, 0.4) is 0 Å². The van der Waals surface area contributed by atoms with E-state index in [0.717, 1.165) is 49.5 Å². The Kier molecular flexibility index (Phi) is 8.77. The molecule has 2 aliphatic heterocycles. The summed E-state index contributed by atoms with van der Waals surface area (Å²) in [6, 6.07) is 0.336. The summed E-state index contributed by atoms with van der Waals surface area (Å²) >= 11 is 2.07. The minimum absolute atomic E-state index is 0. The minimum Gasteiger partial charge on any atom is -0.377 e. The van der Waals surface area contributed by atoms with Crippen molar-refractivity contribution in [2.24, 2.45) is 10.9 Å². The fourth-order valence-electron chi connectivity index (χ4n) is 3.25. The lowest BCUT2D eigenvalue weighted by Gasteiger charge is -2.27. The fraction of sp³-hybridized carbons (Fsp3) is 0.812. The molecule has 0 aliphatic carbocycles. The second kappa shape index (κ2) is 10.6. The van der Waals surface area contributed by atoms with Crippen molar-refractivity contribution < 1.29 is 4.74 Å². The van der Waals surface area contributed by atoms with Crippen molar-refractivity contribution in [1.82, 2.24) is 25.4 Å². The number of aliphatic imine (C=N–C) groups is 1. The average molecular weight is 480 g/mol. The molecule has 3 rings (SSSR count). The van der Waals surface area contributed by atoms with Gasteiger partial charge < -0.3 is 15.4 Å². The lowest BCUT2D eigenvalue weighted by atomic mass is 10.0. The number of aryl methyl sites for hydroxylation is 1. The van der Waals surface area contributed by atoms with Crippen molar-refractivity contribution >= 4 is 41.7 Å². The summed E-state index contributed by atoms with van der Waals surface area (Å²) in [6.45, 7) is 2.31. The molecule has 1 saturated heterocycles. The van der Waals surface area contributed by atoms with E-state index in [1.807, 2.05) is 11.7 Å². The molecule has 1 aromatic heterocycles. The Hall–Kier alpha value is -0.550. The van der Waals surface area contributed by atoms with E-state index in [1.165, 1.54) is 24.3 Å². The molecule has 0 aromatic carbocycles. The van der Waals surface area contributed by atoms with Crippen molar-refractivity contribution in [3.05, 3.63) is 11.6 Å². The number of ether oxygens (including phenoxy) is 1. The molecule has 2 aliphatic rings. The molecule has 25 heavy (non-hydrogen) atoms. The van der Waals surface area contributed by atoms with Crippen LogP contribution in [0.25, 0.3) is 0 Å². The number of thioether (sulfide) groups is 1. The Labute approximate surface area is 171 Å². The monoisotopic (exact) mass is 480 g/mol. The maximum absolute atomic E-state index is 5.12. The van der Waals surface area contributed by atoms with Crippen molar-refractivity contribution in [3.8, 4) is 0 Å². The first kappa shape index (κ1) is 20.8. The molecular weight excluding hydrogens is 451 g/mol. The zero-order chi connectivity index (χ0) is 16.8. The molecule has 0 spiro atoms. The highest BCUT2D eigenvalue weighted by atomic mass is 127. The van der Waals surface area contributed by atoms with Crippen molar-refractivity contribution in [2.45, 2.75) is 44.9 Å². The SMILES string of the molecule is CN=C(NCC1CCSCC1)NC1CCc2nc(COC)nn2C1.I. The minimum atomic E-state index is 0. The summed E-state index contributed by atoms with van der Waals surface area (Å²) in [5, 5.41) is 11.6. The molecule has 9 heteroatoms. The first-order valence-electron chi connectivity index (χ1n) is 8.75. The van der Waals surface area contributed by atoms with E-state index in [-0.39, 0.29) is 24.0 Å². The van der Waals surface area contributed by atoms with Gasteiger partial charge in [-0.25, -0.2) is 9.67 Å². The third-order valence-corrected chi connectivity index (χ3v) is 5.69. The molecule has 142 valence electrons. The Bertz CT molecular complexity index is 561. The molecule has 1 fully saturated rings. The molecule has 1 unspecified atom stereocenters. The van der Waals surface area contributed by atoms with Crippen LogP contribution in [-0.4, -0.2) is 59.0 Å². The van der Waals surface area contributed by atoms with Crippen LogP contribution in [0, 0.1) is 5.92 Å². The van der Waals surface area contributed by atoms with Gasteiger partial charge in [0, 0.05) is 33.2 Å². The van der Waals surface area contributed by atoms with Crippen LogP contribution in [0.15, 0.2) is 4.99 Å². The topological polar surface area (TPSA) is 76.4 Å². The Morgan fingerprint density at radius 2 is 2.16 bits per heavy atom. The molecule has 0 radical (unpaired) electrons. The highest BCUT2D eigenvalue weighted by Crippen LogP contribution is 2.21. The van der Waals surface area contributed by atoms with Crippen LogP contribution in [0.2, 0.25) is 0 Å². The van der Waals surface area contributed by atoms with Gasteiger partial charge in [0.25, 0.3) is 0 Å². The molecule has 0 bridgehead atoms. The van der Waals surface area contributed by atoms with Gasteiger partial charge in [-0.3, -0.25) is 4.99 Å². The van der Waals surface area contributed by atoms with Crippen molar-refractivity contribution in [3.63, 3.8) is 0 Å². The van der Waals surface area contributed by atoms with E-state index in [1.54, 1.807) is 7.11 Å². The van der Waals surface area contributed by atoms with E-state index in [0.29, 0.717) is 12.6 Å². The van der Waals surface area contributed by atoms with E-state index in [4.69, 9.17) is 4.74 Å². The van der Waals surface area contributed by atoms with Crippen molar-refractivity contribution in [2.75, 3.05) is 32.2 Å². The van der Waals surface area contributed by atoms with E-state index >= 15 is 0 Å². The van der Waals surface area contributed by atoms with E-state index in [9.17, 15) is 0 Å². The highest BCUT2D eigenvalue weighted by Gasteiger charge is 2.22. The normalized spacial score (nSPS) is 21.4. The van der Waals surface area contributed by atoms with Crippen LogP contribution in [-0.2, 0) is 24.3 Å². The number of fused-ring (bicyclic) bond motifs is 1. The summed E-state index contributed by atoms with van der Waals surface area (Å²) in [6.07, 6.45) is 4.60. The number of hydrogen-bond acceptors (Lipinski definition) is 5. The zero-order valence-electron chi connectivity index (χ0n) is 15.0. The number of rotatable bonds is 5. The first-order valence-corrected chi connectivity index (χ1v) is 9.90. The maximum Gasteiger partial charge on any atom is 0.191 e. The van der Waals surface area contributed by atoms with Crippen LogP contribution >= 0.6 is 35.7 Å². The number of halogens is 1. The maximum atomic E-state index is 5.12. The standard InChI is InChI=1S/C16H28N6OS.HI/c1-17-16(18-9-12-5-7-24-8-6-12)19-13-3-4-15-20-14(11-23-2)21-22(15)10-13;/h12-13H,3-11H2,1-2H3,(H2,17,18,19);1H. The van der Waals surface area contributed by atoms with Gasteiger partial charge in [-0.1, -0.05) is 0 Å². The number of methoxy groups -OCH3 is 1. The highest BCUT2D eigenvalue weighted by molar-refractivity contribution is 14.0. The molecular formula is C16H29IN6OS. The number of nitrogens with zero attached hydrogens (tertiary/aromatic N) is 4. The number of nitrogens with one attached hydrogen (secondary N) is 2. The lowest BCUT2D eigenvalue weighted by molar-refractivity contribution is 0.177. The molecule has 7 nitrogen and oxygen atoms in total. The molecule has 1 aromatic rings. The van der Waals surface area contributed by atoms with Gasteiger partial charge in [-0.05, 0) is 36.7 Å².